The van der Waals surface area contributed by atoms with Crippen LogP contribution in [-0.4, -0.2) is 36.2 Å². The van der Waals surface area contributed by atoms with Gasteiger partial charge >= 0.3 is 0 Å². The molecular formula is C31H25FN6O2. The predicted octanol–water partition coefficient (Wildman–Crippen LogP) is 6.81. The Balaban J connectivity index is 1.25. The highest BCUT2D eigenvalue weighted by atomic mass is 19.1. The van der Waals surface area contributed by atoms with Gasteiger partial charge in [-0.15, -0.1) is 0 Å². The Morgan fingerprint density at radius 2 is 1.75 bits per heavy atom. The molecule has 8 nitrogen and oxygen atoms in total. The van der Waals surface area contributed by atoms with Crippen molar-refractivity contribution in [3.8, 4) is 39.5 Å². The maximum Gasteiger partial charge on any atom is 0.227 e. The second-order valence-corrected chi connectivity index (χ2v) is 10.3. The van der Waals surface area contributed by atoms with Crippen molar-refractivity contribution in [2.75, 3.05) is 5.32 Å². The van der Waals surface area contributed by atoms with Crippen LogP contribution in [0.15, 0.2) is 73.2 Å². The van der Waals surface area contributed by atoms with Crippen LogP contribution in [0.4, 0.5) is 10.1 Å². The van der Waals surface area contributed by atoms with Gasteiger partial charge in [0.15, 0.2) is 0 Å². The van der Waals surface area contributed by atoms with Gasteiger partial charge in [-0.1, -0.05) is 18.9 Å². The number of halogens is 1. The summed E-state index contributed by atoms with van der Waals surface area (Å²) in [5, 5.41) is 22.3. The second kappa shape index (κ2) is 9.60. The fourth-order valence-corrected chi connectivity index (χ4v) is 5.62. The van der Waals surface area contributed by atoms with E-state index in [0.29, 0.717) is 16.9 Å². The molecule has 4 heterocycles. The van der Waals surface area contributed by atoms with Gasteiger partial charge in [0.1, 0.15) is 17.3 Å². The summed E-state index contributed by atoms with van der Waals surface area (Å²) in [5.41, 5.74) is 6.70. The van der Waals surface area contributed by atoms with Crippen LogP contribution in [-0.2, 0) is 4.79 Å². The zero-order valence-corrected chi connectivity index (χ0v) is 21.4. The smallest absolute Gasteiger partial charge is 0.227 e. The summed E-state index contributed by atoms with van der Waals surface area (Å²) < 4.78 is 14.0. The molecule has 0 atom stereocenters. The average molecular weight is 533 g/mol. The summed E-state index contributed by atoms with van der Waals surface area (Å²) in [6.07, 6.45) is 9.18. The van der Waals surface area contributed by atoms with E-state index in [1.54, 1.807) is 18.6 Å². The topological polar surface area (TPSA) is 120 Å². The van der Waals surface area contributed by atoms with Gasteiger partial charge in [-0.05, 0) is 60.9 Å². The highest BCUT2D eigenvalue weighted by Gasteiger charge is 2.23. The van der Waals surface area contributed by atoms with Crippen molar-refractivity contribution in [1.29, 1.82) is 0 Å². The van der Waals surface area contributed by atoms with E-state index in [4.69, 9.17) is 0 Å². The van der Waals surface area contributed by atoms with Crippen LogP contribution < -0.4 is 5.32 Å². The summed E-state index contributed by atoms with van der Waals surface area (Å²) in [5.74, 6) is -0.559. The number of H-pyrrole nitrogens is 2. The molecular weight excluding hydrogens is 507 g/mol. The van der Waals surface area contributed by atoms with Crippen molar-refractivity contribution in [2.45, 2.75) is 25.7 Å². The standard InChI is InChI=1S/C31H25FN6O2/c32-21-9-19(11-23(39)13-21)29-25-14-28(36-26(25)7-8-34-29)30-24-12-18(5-6-27(24)37-38-30)20-10-22(16-33-15-20)35-31(40)17-3-1-2-4-17/h5-17,36,39H,1-4H2,(H,35,40)(H,37,38). The normalized spacial score (nSPS) is 13.8. The third-order valence-corrected chi connectivity index (χ3v) is 7.59. The Morgan fingerprint density at radius 1 is 0.900 bits per heavy atom. The molecule has 0 aliphatic heterocycles. The first-order valence-corrected chi connectivity index (χ1v) is 13.2. The van der Waals surface area contributed by atoms with Crippen LogP contribution in [0.1, 0.15) is 25.7 Å². The van der Waals surface area contributed by atoms with Gasteiger partial charge in [0, 0.05) is 51.8 Å². The average Bonchev–Trinajstić information content (AvgIpc) is 3.71. The Labute approximate surface area is 228 Å². The van der Waals surface area contributed by atoms with E-state index >= 15 is 0 Å². The second-order valence-electron chi connectivity index (χ2n) is 10.3. The zero-order chi connectivity index (χ0) is 27.2. The van der Waals surface area contributed by atoms with Crippen molar-refractivity contribution in [2.24, 2.45) is 5.92 Å². The number of carbonyl (C=O) groups excluding carboxylic acids is 1. The van der Waals surface area contributed by atoms with Gasteiger partial charge in [0.25, 0.3) is 0 Å². The highest BCUT2D eigenvalue weighted by molar-refractivity contribution is 6.01. The van der Waals surface area contributed by atoms with E-state index in [9.17, 15) is 14.3 Å². The molecule has 1 aliphatic rings. The summed E-state index contributed by atoms with van der Waals surface area (Å²) in [4.78, 5) is 24.9. The Kier molecular flexibility index (Phi) is 5.77. The van der Waals surface area contributed by atoms with Crippen LogP contribution in [0.25, 0.3) is 55.6 Å². The maximum atomic E-state index is 14.0. The molecule has 1 aliphatic carbocycles. The van der Waals surface area contributed by atoms with Crippen LogP contribution in [0.3, 0.4) is 0 Å². The van der Waals surface area contributed by atoms with Crippen molar-refractivity contribution < 1.29 is 14.3 Å². The van der Waals surface area contributed by atoms with Crippen LogP contribution >= 0.6 is 0 Å². The molecule has 2 aromatic carbocycles. The molecule has 0 radical (unpaired) electrons. The minimum absolute atomic E-state index is 0.0603. The fourth-order valence-electron chi connectivity index (χ4n) is 5.62. The highest BCUT2D eigenvalue weighted by Crippen LogP contribution is 2.35. The Hall–Kier alpha value is -5.05. The molecule has 1 amide bonds. The number of hydrogen-bond donors (Lipinski definition) is 4. The number of phenols is 1. The molecule has 9 heteroatoms. The molecule has 0 unspecified atom stereocenters. The maximum absolute atomic E-state index is 14.0. The molecule has 0 spiro atoms. The summed E-state index contributed by atoms with van der Waals surface area (Å²) in [6.45, 7) is 0. The van der Waals surface area contributed by atoms with E-state index < -0.39 is 5.82 Å². The van der Waals surface area contributed by atoms with Crippen LogP contribution in [0.5, 0.6) is 5.75 Å². The lowest BCUT2D eigenvalue weighted by atomic mass is 10.0. The minimum Gasteiger partial charge on any atom is -0.508 e. The summed E-state index contributed by atoms with van der Waals surface area (Å²) >= 11 is 0. The van der Waals surface area contributed by atoms with Crippen molar-refractivity contribution >= 4 is 33.4 Å². The summed E-state index contributed by atoms with van der Waals surface area (Å²) in [7, 11) is 0. The molecule has 1 fully saturated rings. The number of hydrogen-bond acceptors (Lipinski definition) is 5. The number of amides is 1. The van der Waals surface area contributed by atoms with Gasteiger partial charge in [-0.25, -0.2) is 4.39 Å². The molecule has 7 rings (SSSR count). The van der Waals surface area contributed by atoms with E-state index in [2.05, 4.69) is 30.5 Å². The number of fused-ring (bicyclic) bond motifs is 2. The number of rotatable bonds is 5. The SMILES string of the molecule is O=C(Nc1cncc(-c2ccc3[nH]nc(-c4cc5c(-c6cc(O)cc(F)c6)nccc5[nH]4)c3c2)c1)C1CCCC1. The number of carbonyl (C=O) groups is 1. The molecule has 4 N–H and O–H groups in total. The third-order valence-electron chi connectivity index (χ3n) is 7.59. The molecule has 0 saturated heterocycles. The first-order chi connectivity index (χ1) is 19.5. The van der Waals surface area contributed by atoms with Crippen LogP contribution in [0.2, 0.25) is 0 Å². The van der Waals surface area contributed by atoms with Gasteiger partial charge in [0.05, 0.1) is 28.8 Å². The largest absolute Gasteiger partial charge is 0.508 e. The summed E-state index contributed by atoms with van der Waals surface area (Å²) in [6, 6.07) is 15.6. The van der Waals surface area contributed by atoms with Crippen LogP contribution in [0, 0.1) is 11.7 Å². The lowest BCUT2D eigenvalue weighted by Gasteiger charge is -2.11. The molecule has 40 heavy (non-hydrogen) atoms. The van der Waals surface area contributed by atoms with Crippen molar-refractivity contribution in [1.82, 2.24) is 25.1 Å². The molecule has 1 saturated carbocycles. The quantitative estimate of drug-likeness (QED) is 0.194. The number of aromatic nitrogens is 5. The first-order valence-electron chi connectivity index (χ1n) is 13.2. The minimum atomic E-state index is -0.535. The molecule has 198 valence electrons. The number of aromatic hydroxyl groups is 1. The molecule has 4 aromatic heterocycles. The monoisotopic (exact) mass is 532 g/mol. The number of benzene rings is 2. The van der Waals surface area contributed by atoms with Gasteiger partial charge < -0.3 is 15.4 Å². The first kappa shape index (κ1) is 24.0. The van der Waals surface area contributed by atoms with Gasteiger partial charge in [-0.2, -0.15) is 5.10 Å². The third kappa shape index (κ3) is 4.35. The number of anilines is 1. The lowest BCUT2D eigenvalue weighted by molar-refractivity contribution is -0.119. The molecule has 6 aromatic rings. The van der Waals surface area contributed by atoms with E-state index in [1.807, 2.05) is 36.4 Å². The number of phenolic OH excluding ortho intramolecular Hbond substituents is 1. The Morgan fingerprint density at radius 3 is 2.60 bits per heavy atom. The van der Waals surface area contributed by atoms with E-state index in [-0.39, 0.29) is 17.6 Å². The lowest BCUT2D eigenvalue weighted by Crippen LogP contribution is -2.20. The van der Waals surface area contributed by atoms with Crippen molar-refractivity contribution in [3.63, 3.8) is 0 Å². The number of nitrogens with one attached hydrogen (secondary N) is 3. The van der Waals surface area contributed by atoms with Crippen molar-refractivity contribution in [3.05, 3.63) is 79.0 Å². The van der Waals surface area contributed by atoms with Gasteiger partial charge in [-0.3, -0.25) is 19.9 Å². The Bertz CT molecular complexity index is 1880. The predicted molar refractivity (Wildman–Crippen MR) is 152 cm³/mol. The zero-order valence-electron chi connectivity index (χ0n) is 21.4. The molecule has 0 bridgehead atoms. The number of pyridine rings is 2. The van der Waals surface area contributed by atoms with Gasteiger partial charge in [0.2, 0.25) is 5.91 Å². The number of nitrogens with zero attached hydrogens (tertiary/aromatic N) is 3. The van der Waals surface area contributed by atoms with E-state index in [0.717, 1.165) is 76.1 Å². The van der Waals surface area contributed by atoms with E-state index in [1.165, 1.54) is 12.1 Å². The number of aromatic amines is 2. The fraction of sp³-hybridized carbons (Fsp3) is 0.161.